The molecule has 3 nitrogen and oxygen atoms in total. The van der Waals surface area contributed by atoms with Gasteiger partial charge in [-0.3, -0.25) is 0 Å². The fraction of sp³-hybridized carbons (Fsp3) is 0.727. The number of aromatic amines is 1. The Bertz CT molecular complexity index is 314. The maximum atomic E-state index is 5.64. The molecule has 1 unspecified atom stereocenters. The quantitative estimate of drug-likeness (QED) is 0.752. The molecule has 1 heterocycles. The maximum Gasteiger partial charge on any atom is 0.0925 e. The van der Waals surface area contributed by atoms with Crippen molar-refractivity contribution in [3.8, 4) is 0 Å². The molecule has 3 N–H and O–H groups in total. The highest BCUT2D eigenvalue weighted by Crippen LogP contribution is 2.41. The monoisotopic (exact) mass is 193 g/mol. The van der Waals surface area contributed by atoms with Crippen LogP contribution < -0.4 is 5.73 Å². The average Bonchev–Trinajstić information content (AvgIpc) is 2.50. The maximum absolute atomic E-state index is 5.64. The van der Waals surface area contributed by atoms with Gasteiger partial charge in [0.1, 0.15) is 0 Å². The Morgan fingerprint density at radius 2 is 2.43 bits per heavy atom. The lowest BCUT2D eigenvalue weighted by Gasteiger charge is -2.34. The number of nitrogens with one attached hydrogen (secondary N) is 1. The highest BCUT2D eigenvalue weighted by molar-refractivity contribution is 5.22. The first-order valence-electron chi connectivity index (χ1n) is 5.34. The molecule has 0 bridgehead atoms. The largest absolute Gasteiger partial charge is 0.348 e. The van der Waals surface area contributed by atoms with Gasteiger partial charge < -0.3 is 10.7 Å². The minimum atomic E-state index is 0.388. The molecule has 0 radical (unpaired) electrons. The molecule has 1 aromatic rings. The van der Waals surface area contributed by atoms with Crippen molar-refractivity contribution >= 4 is 0 Å². The minimum absolute atomic E-state index is 0.388. The Kier molecular flexibility index (Phi) is 2.35. The smallest absolute Gasteiger partial charge is 0.0925 e. The van der Waals surface area contributed by atoms with E-state index in [0.717, 1.165) is 19.4 Å². The van der Waals surface area contributed by atoms with Crippen LogP contribution in [0.15, 0.2) is 6.33 Å². The summed E-state index contributed by atoms with van der Waals surface area (Å²) in [6.45, 7) is 5.40. The molecule has 0 saturated carbocycles. The van der Waals surface area contributed by atoms with E-state index in [1.165, 1.54) is 17.8 Å². The Labute approximate surface area is 85.1 Å². The van der Waals surface area contributed by atoms with E-state index in [0.29, 0.717) is 11.3 Å². The molecule has 78 valence electrons. The van der Waals surface area contributed by atoms with E-state index < -0.39 is 0 Å². The van der Waals surface area contributed by atoms with Crippen molar-refractivity contribution in [3.05, 3.63) is 17.7 Å². The molecule has 1 aromatic heterocycles. The van der Waals surface area contributed by atoms with Crippen LogP contribution in [0.3, 0.4) is 0 Å². The van der Waals surface area contributed by atoms with Gasteiger partial charge in [-0.2, -0.15) is 0 Å². The van der Waals surface area contributed by atoms with E-state index in [-0.39, 0.29) is 0 Å². The number of hydrogen-bond acceptors (Lipinski definition) is 2. The van der Waals surface area contributed by atoms with Crippen LogP contribution in [0.5, 0.6) is 0 Å². The number of imidazole rings is 1. The van der Waals surface area contributed by atoms with Crippen LogP contribution >= 0.6 is 0 Å². The zero-order valence-electron chi connectivity index (χ0n) is 9.01. The third-order valence-electron chi connectivity index (χ3n) is 3.11. The zero-order chi connectivity index (χ0) is 10.2. The van der Waals surface area contributed by atoms with Crippen molar-refractivity contribution in [1.82, 2.24) is 9.97 Å². The van der Waals surface area contributed by atoms with Gasteiger partial charge in [0.05, 0.1) is 12.0 Å². The summed E-state index contributed by atoms with van der Waals surface area (Å²) in [5, 5.41) is 0. The van der Waals surface area contributed by atoms with E-state index in [2.05, 4.69) is 23.8 Å². The number of aromatic nitrogens is 2. The molecule has 1 atom stereocenters. The van der Waals surface area contributed by atoms with E-state index in [1.54, 1.807) is 0 Å². The molecule has 3 heteroatoms. The summed E-state index contributed by atoms with van der Waals surface area (Å²) < 4.78 is 0. The van der Waals surface area contributed by atoms with E-state index in [9.17, 15) is 0 Å². The van der Waals surface area contributed by atoms with Gasteiger partial charge in [0.2, 0.25) is 0 Å². The standard InChI is InChI=1S/C11H19N3/c1-11(2)5-8(3-4-12)10-9(6-11)13-7-14-10/h7-8H,3-6,12H2,1-2H3,(H,13,14). The summed E-state index contributed by atoms with van der Waals surface area (Å²) in [5.41, 5.74) is 8.60. The van der Waals surface area contributed by atoms with Crippen molar-refractivity contribution in [2.45, 2.75) is 39.0 Å². The van der Waals surface area contributed by atoms with Gasteiger partial charge in [0.15, 0.2) is 0 Å². The van der Waals surface area contributed by atoms with Crippen molar-refractivity contribution < 1.29 is 0 Å². The number of hydrogen-bond donors (Lipinski definition) is 2. The van der Waals surface area contributed by atoms with Gasteiger partial charge in [-0.25, -0.2) is 4.98 Å². The van der Waals surface area contributed by atoms with Gasteiger partial charge in [-0.1, -0.05) is 13.8 Å². The van der Waals surface area contributed by atoms with Gasteiger partial charge in [-0.05, 0) is 31.2 Å². The molecule has 0 spiro atoms. The highest BCUT2D eigenvalue weighted by Gasteiger charge is 2.33. The number of nitrogens with two attached hydrogens (primary N) is 1. The fourth-order valence-electron chi connectivity index (χ4n) is 2.58. The second-order valence-electron chi connectivity index (χ2n) is 5.09. The molecular weight excluding hydrogens is 174 g/mol. The third kappa shape index (κ3) is 1.69. The first kappa shape index (κ1) is 9.71. The topological polar surface area (TPSA) is 54.7 Å². The van der Waals surface area contributed by atoms with Crippen LogP contribution in [0.1, 0.15) is 44.0 Å². The molecule has 14 heavy (non-hydrogen) atoms. The lowest BCUT2D eigenvalue weighted by Crippen LogP contribution is -2.27. The van der Waals surface area contributed by atoms with Crippen molar-refractivity contribution in [2.75, 3.05) is 6.54 Å². The highest BCUT2D eigenvalue weighted by atomic mass is 14.9. The van der Waals surface area contributed by atoms with Gasteiger partial charge in [0.25, 0.3) is 0 Å². The van der Waals surface area contributed by atoms with Crippen LogP contribution in [-0.2, 0) is 6.42 Å². The van der Waals surface area contributed by atoms with Gasteiger partial charge in [0, 0.05) is 11.6 Å². The predicted octanol–water partition coefficient (Wildman–Crippen LogP) is 1.81. The van der Waals surface area contributed by atoms with E-state index in [4.69, 9.17) is 5.73 Å². The van der Waals surface area contributed by atoms with Crippen molar-refractivity contribution in [1.29, 1.82) is 0 Å². The molecule has 1 aliphatic rings. The fourth-order valence-corrected chi connectivity index (χ4v) is 2.58. The molecular formula is C11H19N3. The Balaban J connectivity index is 2.28. The normalized spacial score (nSPS) is 24.6. The number of fused-ring (bicyclic) bond motifs is 1. The zero-order valence-corrected chi connectivity index (χ0v) is 9.01. The van der Waals surface area contributed by atoms with Crippen LogP contribution in [-0.4, -0.2) is 16.5 Å². The summed E-state index contributed by atoms with van der Waals surface area (Å²) in [5.74, 6) is 0.560. The molecule has 0 aromatic carbocycles. The van der Waals surface area contributed by atoms with Gasteiger partial charge >= 0.3 is 0 Å². The second kappa shape index (κ2) is 3.39. The SMILES string of the molecule is CC1(C)Cc2[nH]cnc2C(CCN)C1. The van der Waals surface area contributed by atoms with E-state index in [1.807, 2.05) is 6.33 Å². The Morgan fingerprint density at radius 1 is 1.64 bits per heavy atom. The summed E-state index contributed by atoms with van der Waals surface area (Å²) >= 11 is 0. The van der Waals surface area contributed by atoms with Crippen molar-refractivity contribution in [2.24, 2.45) is 11.1 Å². The van der Waals surface area contributed by atoms with Crippen LogP contribution in [0, 0.1) is 5.41 Å². The summed E-state index contributed by atoms with van der Waals surface area (Å²) in [6.07, 6.45) is 5.20. The lowest BCUT2D eigenvalue weighted by molar-refractivity contribution is 0.270. The van der Waals surface area contributed by atoms with Gasteiger partial charge in [-0.15, -0.1) is 0 Å². The Hall–Kier alpha value is -0.830. The van der Waals surface area contributed by atoms with E-state index >= 15 is 0 Å². The summed E-state index contributed by atoms with van der Waals surface area (Å²) in [6, 6.07) is 0. The molecule has 0 fully saturated rings. The first-order chi connectivity index (χ1) is 6.62. The second-order valence-corrected chi connectivity index (χ2v) is 5.09. The summed E-state index contributed by atoms with van der Waals surface area (Å²) in [4.78, 5) is 7.66. The molecule has 2 rings (SSSR count). The Morgan fingerprint density at radius 3 is 3.14 bits per heavy atom. The summed E-state index contributed by atoms with van der Waals surface area (Å²) in [7, 11) is 0. The predicted molar refractivity (Wildman–Crippen MR) is 57.1 cm³/mol. The first-order valence-corrected chi connectivity index (χ1v) is 5.34. The molecule has 0 aliphatic heterocycles. The van der Waals surface area contributed by atoms with Crippen LogP contribution in [0.2, 0.25) is 0 Å². The molecule has 0 saturated heterocycles. The van der Waals surface area contributed by atoms with Crippen molar-refractivity contribution in [3.63, 3.8) is 0 Å². The molecule has 0 amide bonds. The average molecular weight is 193 g/mol. The number of H-pyrrole nitrogens is 1. The minimum Gasteiger partial charge on any atom is -0.348 e. The van der Waals surface area contributed by atoms with Crippen LogP contribution in [0.4, 0.5) is 0 Å². The third-order valence-corrected chi connectivity index (χ3v) is 3.11. The number of rotatable bonds is 2. The number of nitrogens with zero attached hydrogens (tertiary/aromatic N) is 1. The van der Waals surface area contributed by atoms with Crippen LogP contribution in [0.25, 0.3) is 0 Å². The molecule has 1 aliphatic carbocycles. The lowest BCUT2D eigenvalue weighted by atomic mass is 9.72.